The van der Waals surface area contributed by atoms with Crippen LogP contribution in [0.4, 0.5) is 5.69 Å². The molecule has 1 heterocycles. The fourth-order valence-corrected chi connectivity index (χ4v) is 2.47. The lowest BCUT2D eigenvalue weighted by atomic mass is 10.1. The molecule has 0 spiro atoms. The fourth-order valence-electron chi connectivity index (χ4n) is 2.47. The smallest absolute Gasteiger partial charge is 0.255 e. The van der Waals surface area contributed by atoms with Crippen LogP contribution in [0.1, 0.15) is 23.2 Å². The lowest BCUT2D eigenvalue weighted by Crippen LogP contribution is -2.29. The number of anilines is 1. The molecular weight excluding hydrogens is 244 g/mol. The monoisotopic (exact) mass is 264 g/mol. The number of hydrogen-bond acceptors (Lipinski definition) is 4. The van der Waals surface area contributed by atoms with Gasteiger partial charge in [0.05, 0.1) is 12.7 Å². The first kappa shape index (κ1) is 13.7. The summed E-state index contributed by atoms with van der Waals surface area (Å²) >= 11 is 0. The third-order valence-corrected chi connectivity index (χ3v) is 3.60. The summed E-state index contributed by atoms with van der Waals surface area (Å²) in [5, 5.41) is 8.93. The lowest BCUT2D eigenvalue weighted by Gasteiger charge is -2.18. The van der Waals surface area contributed by atoms with Crippen molar-refractivity contribution in [3.8, 4) is 5.75 Å². The first-order valence-electron chi connectivity index (χ1n) is 6.49. The normalized spacial score (nSPS) is 18.6. The van der Waals surface area contributed by atoms with Crippen molar-refractivity contribution < 1.29 is 14.6 Å². The van der Waals surface area contributed by atoms with E-state index in [1.54, 1.807) is 30.2 Å². The predicted molar refractivity (Wildman–Crippen MR) is 73.1 cm³/mol. The number of hydrogen-bond donors (Lipinski definition) is 2. The second kappa shape index (κ2) is 5.93. The van der Waals surface area contributed by atoms with Crippen LogP contribution in [0.5, 0.6) is 5.75 Å². The molecule has 19 heavy (non-hydrogen) atoms. The molecule has 1 atom stereocenters. The van der Waals surface area contributed by atoms with Crippen molar-refractivity contribution in [2.75, 3.05) is 32.5 Å². The Morgan fingerprint density at radius 3 is 3.00 bits per heavy atom. The quantitative estimate of drug-likeness (QED) is 0.799. The molecule has 1 amide bonds. The number of amides is 1. The zero-order chi connectivity index (χ0) is 13.8. The van der Waals surface area contributed by atoms with Gasteiger partial charge in [0.2, 0.25) is 0 Å². The molecule has 1 saturated heterocycles. The standard InChI is InChI=1S/C14H20N2O3/c1-19-11-2-3-12(13(15)8-11)14(18)16-6-4-10(9-16)5-7-17/h2-3,8,10,17H,4-7,9,15H2,1H3. The van der Waals surface area contributed by atoms with E-state index in [1.807, 2.05) is 0 Å². The van der Waals surface area contributed by atoms with Gasteiger partial charge in [-0.25, -0.2) is 0 Å². The SMILES string of the molecule is COc1ccc(C(=O)N2CCC(CCO)C2)c(N)c1. The molecule has 1 unspecified atom stereocenters. The number of nitrogen functional groups attached to an aromatic ring is 1. The Bertz CT molecular complexity index is 462. The molecular formula is C14H20N2O3. The van der Waals surface area contributed by atoms with Crippen molar-refractivity contribution in [3.05, 3.63) is 23.8 Å². The van der Waals surface area contributed by atoms with Crippen molar-refractivity contribution in [3.63, 3.8) is 0 Å². The highest BCUT2D eigenvalue weighted by atomic mass is 16.5. The summed E-state index contributed by atoms with van der Waals surface area (Å²) < 4.78 is 5.07. The van der Waals surface area contributed by atoms with E-state index in [0.29, 0.717) is 29.5 Å². The number of likely N-dealkylation sites (tertiary alicyclic amines) is 1. The molecule has 1 fully saturated rings. The van der Waals surface area contributed by atoms with E-state index in [4.69, 9.17) is 15.6 Å². The summed E-state index contributed by atoms with van der Waals surface area (Å²) in [7, 11) is 1.57. The maximum atomic E-state index is 12.4. The summed E-state index contributed by atoms with van der Waals surface area (Å²) in [6.45, 7) is 1.61. The largest absolute Gasteiger partial charge is 0.497 e. The minimum Gasteiger partial charge on any atom is -0.497 e. The highest BCUT2D eigenvalue weighted by Crippen LogP contribution is 2.25. The molecule has 1 aromatic rings. The fraction of sp³-hybridized carbons (Fsp3) is 0.500. The zero-order valence-electron chi connectivity index (χ0n) is 11.1. The van der Waals surface area contributed by atoms with Crippen molar-refractivity contribution in [2.45, 2.75) is 12.8 Å². The van der Waals surface area contributed by atoms with E-state index >= 15 is 0 Å². The number of nitrogens with two attached hydrogens (primary N) is 1. The second-order valence-corrected chi connectivity index (χ2v) is 4.87. The number of carbonyl (C=O) groups is 1. The topological polar surface area (TPSA) is 75.8 Å². The molecule has 1 aromatic carbocycles. The number of aliphatic hydroxyl groups excluding tert-OH is 1. The first-order valence-corrected chi connectivity index (χ1v) is 6.49. The number of rotatable bonds is 4. The van der Waals surface area contributed by atoms with Crippen LogP contribution in [0.25, 0.3) is 0 Å². The second-order valence-electron chi connectivity index (χ2n) is 4.87. The Labute approximate surface area is 113 Å². The highest BCUT2D eigenvalue weighted by molar-refractivity contribution is 5.99. The van der Waals surface area contributed by atoms with Gasteiger partial charge in [0, 0.05) is 31.5 Å². The lowest BCUT2D eigenvalue weighted by molar-refractivity contribution is 0.0786. The molecule has 0 aliphatic carbocycles. The van der Waals surface area contributed by atoms with Gasteiger partial charge < -0.3 is 20.5 Å². The van der Waals surface area contributed by atoms with Crippen LogP contribution in [0, 0.1) is 5.92 Å². The number of benzene rings is 1. The van der Waals surface area contributed by atoms with Gasteiger partial charge in [0.1, 0.15) is 5.75 Å². The van der Waals surface area contributed by atoms with Crippen LogP contribution < -0.4 is 10.5 Å². The molecule has 2 rings (SSSR count). The van der Waals surface area contributed by atoms with Crippen LogP contribution in [0.2, 0.25) is 0 Å². The predicted octanol–water partition coefficient (Wildman–Crippen LogP) is 1.12. The van der Waals surface area contributed by atoms with Crippen molar-refractivity contribution in [2.24, 2.45) is 5.92 Å². The van der Waals surface area contributed by atoms with Gasteiger partial charge in [-0.1, -0.05) is 0 Å². The Balaban J connectivity index is 2.08. The van der Waals surface area contributed by atoms with Crippen molar-refractivity contribution in [1.82, 2.24) is 4.90 Å². The van der Waals surface area contributed by atoms with Crippen molar-refractivity contribution in [1.29, 1.82) is 0 Å². The van der Waals surface area contributed by atoms with Crippen LogP contribution in [-0.4, -0.2) is 42.7 Å². The summed E-state index contributed by atoms with van der Waals surface area (Å²) in [6, 6.07) is 5.11. The zero-order valence-corrected chi connectivity index (χ0v) is 11.1. The third kappa shape index (κ3) is 2.98. The number of carbonyl (C=O) groups excluding carboxylic acids is 1. The average molecular weight is 264 g/mol. The minimum absolute atomic E-state index is 0.0411. The number of aliphatic hydroxyl groups is 1. The van der Waals surface area contributed by atoms with E-state index in [9.17, 15) is 4.79 Å². The molecule has 0 radical (unpaired) electrons. The Morgan fingerprint density at radius 2 is 2.37 bits per heavy atom. The molecule has 3 N–H and O–H groups in total. The number of ether oxygens (including phenoxy) is 1. The van der Waals surface area contributed by atoms with Crippen LogP contribution in [0.15, 0.2) is 18.2 Å². The van der Waals surface area contributed by atoms with Crippen molar-refractivity contribution >= 4 is 11.6 Å². The Morgan fingerprint density at radius 1 is 1.58 bits per heavy atom. The molecule has 5 nitrogen and oxygen atoms in total. The first-order chi connectivity index (χ1) is 9.15. The average Bonchev–Trinajstić information content (AvgIpc) is 2.87. The third-order valence-electron chi connectivity index (χ3n) is 3.60. The summed E-state index contributed by atoms with van der Waals surface area (Å²) in [5.74, 6) is 1.00. The summed E-state index contributed by atoms with van der Waals surface area (Å²) in [4.78, 5) is 14.2. The molecule has 1 aliphatic rings. The summed E-state index contributed by atoms with van der Waals surface area (Å²) in [5.41, 5.74) is 6.85. The Hall–Kier alpha value is -1.75. The van der Waals surface area contributed by atoms with Gasteiger partial charge in [-0.3, -0.25) is 4.79 Å². The molecule has 104 valence electrons. The number of nitrogens with zero attached hydrogens (tertiary/aromatic N) is 1. The molecule has 1 aliphatic heterocycles. The molecule has 0 bridgehead atoms. The van der Waals surface area contributed by atoms with E-state index in [2.05, 4.69) is 0 Å². The Kier molecular flexibility index (Phi) is 4.27. The number of methoxy groups -OCH3 is 1. The van der Waals surface area contributed by atoms with Gasteiger partial charge >= 0.3 is 0 Å². The molecule has 0 saturated carbocycles. The van der Waals surface area contributed by atoms with E-state index in [1.165, 1.54) is 0 Å². The van der Waals surface area contributed by atoms with Crippen LogP contribution in [0.3, 0.4) is 0 Å². The highest BCUT2D eigenvalue weighted by Gasteiger charge is 2.27. The van der Waals surface area contributed by atoms with Gasteiger partial charge in [0.25, 0.3) is 5.91 Å². The van der Waals surface area contributed by atoms with Crippen LogP contribution >= 0.6 is 0 Å². The maximum absolute atomic E-state index is 12.4. The van der Waals surface area contributed by atoms with Crippen LogP contribution in [-0.2, 0) is 0 Å². The summed E-state index contributed by atoms with van der Waals surface area (Å²) in [6.07, 6.45) is 1.70. The van der Waals surface area contributed by atoms with E-state index < -0.39 is 0 Å². The van der Waals surface area contributed by atoms with Gasteiger partial charge in [-0.05, 0) is 30.9 Å². The van der Waals surface area contributed by atoms with Gasteiger partial charge in [0.15, 0.2) is 0 Å². The van der Waals surface area contributed by atoms with Gasteiger partial charge in [-0.15, -0.1) is 0 Å². The minimum atomic E-state index is -0.0411. The van der Waals surface area contributed by atoms with E-state index in [0.717, 1.165) is 19.4 Å². The maximum Gasteiger partial charge on any atom is 0.255 e. The molecule has 0 aromatic heterocycles. The van der Waals surface area contributed by atoms with E-state index in [-0.39, 0.29) is 12.5 Å². The van der Waals surface area contributed by atoms with Gasteiger partial charge in [-0.2, -0.15) is 0 Å². The molecule has 5 heteroatoms.